The molecule has 2 bridgehead atoms. The first kappa shape index (κ1) is 10.4. The molecule has 2 saturated heterocycles. The van der Waals surface area contributed by atoms with Crippen molar-refractivity contribution in [2.75, 3.05) is 0 Å². The van der Waals surface area contributed by atoms with E-state index in [2.05, 4.69) is 10.6 Å². The topological polar surface area (TPSA) is 92.3 Å². The molecule has 0 atom stereocenters. The molecule has 1 saturated carbocycles. The molecule has 4 amide bonds. The lowest BCUT2D eigenvalue weighted by Crippen LogP contribution is -2.69. The first-order valence-electron chi connectivity index (χ1n) is 5.76. The molecule has 0 unspecified atom stereocenters. The predicted octanol–water partition coefficient (Wildman–Crippen LogP) is -0.908. The number of hydrogen-bond acceptors (Lipinski definition) is 4. The van der Waals surface area contributed by atoms with Crippen LogP contribution in [-0.4, -0.2) is 23.6 Å². The van der Waals surface area contributed by atoms with Crippen LogP contribution in [0.5, 0.6) is 0 Å². The minimum atomic E-state index is -0.884. The number of imide groups is 2. The van der Waals surface area contributed by atoms with E-state index in [0.29, 0.717) is 12.8 Å². The summed E-state index contributed by atoms with van der Waals surface area (Å²) in [5.41, 5.74) is -0.751. The summed E-state index contributed by atoms with van der Waals surface area (Å²) in [6, 6.07) is 0. The van der Waals surface area contributed by atoms with Gasteiger partial charge in [0.05, 0.1) is 0 Å². The molecule has 3 aliphatic rings. The van der Waals surface area contributed by atoms with Gasteiger partial charge in [0.15, 0.2) is 0 Å². The van der Waals surface area contributed by atoms with Gasteiger partial charge in [-0.25, -0.2) is 0 Å². The van der Waals surface area contributed by atoms with Crippen molar-refractivity contribution in [3.63, 3.8) is 0 Å². The number of piperidine rings is 2. The molecule has 0 aromatic heterocycles. The molecule has 3 fully saturated rings. The highest BCUT2D eigenvalue weighted by Crippen LogP contribution is 2.53. The van der Waals surface area contributed by atoms with E-state index in [1.165, 1.54) is 0 Å². The van der Waals surface area contributed by atoms with Gasteiger partial charge in [-0.1, -0.05) is 12.8 Å². The first-order valence-corrected chi connectivity index (χ1v) is 5.76. The van der Waals surface area contributed by atoms with Crippen LogP contribution in [0.1, 0.15) is 25.7 Å². The van der Waals surface area contributed by atoms with Crippen LogP contribution in [0, 0.1) is 17.3 Å². The van der Waals surface area contributed by atoms with E-state index in [0.717, 1.165) is 12.8 Å². The summed E-state index contributed by atoms with van der Waals surface area (Å²) in [4.78, 5) is 47.2. The quantitative estimate of drug-likeness (QED) is 0.421. The molecule has 3 rings (SSSR count). The fourth-order valence-corrected chi connectivity index (χ4v) is 3.59. The Morgan fingerprint density at radius 2 is 1.12 bits per heavy atom. The predicted molar refractivity (Wildman–Crippen MR) is 54.2 cm³/mol. The monoisotopic (exact) mass is 236 g/mol. The molecule has 2 N–H and O–H groups in total. The molecule has 6 heteroatoms. The summed E-state index contributed by atoms with van der Waals surface area (Å²) < 4.78 is 0. The van der Waals surface area contributed by atoms with Gasteiger partial charge in [0.2, 0.25) is 23.6 Å². The number of nitrogens with one attached hydrogen (secondary N) is 2. The average molecular weight is 236 g/mol. The van der Waals surface area contributed by atoms with Crippen molar-refractivity contribution in [2.45, 2.75) is 25.7 Å². The lowest BCUT2D eigenvalue weighted by atomic mass is 9.60. The highest BCUT2D eigenvalue weighted by molar-refractivity contribution is 6.22. The molecule has 1 spiro atoms. The summed E-state index contributed by atoms with van der Waals surface area (Å²) in [5.74, 6) is -4.00. The van der Waals surface area contributed by atoms with Gasteiger partial charge in [0.25, 0.3) is 0 Å². The van der Waals surface area contributed by atoms with Crippen LogP contribution in [0.15, 0.2) is 0 Å². The molecule has 2 heterocycles. The van der Waals surface area contributed by atoms with E-state index in [1.54, 1.807) is 0 Å². The van der Waals surface area contributed by atoms with Gasteiger partial charge in [-0.2, -0.15) is 0 Å². The molecule has 0 aromatic carbocycles. The Morgan fingerprint density at radius 3 is 1.47 bits per heavy atom. The average Bonchev–Trinajstić information content (AvgIpc) is 2.64. The van der Waals surface area contributed by atoms with Gasteiger partial charge in [0, 0.05) is 5.41 Å². The van der Waals surface area contributed by atoms with E-state index >= 15 is 0 Å². The Kier molecular flexibility index (Phi) is 1.93. The molecule has 90 valence electrons. The zero-order valence-electron chi connectivity index (χ0n) is 9.12. The van der Waals surface area contributed by atoms with Crippen LogP contribution in [0.4, 0.5) is 0 Å². The van der Waals surface area contributed by atoms with Gasteiger partial charge in [0.1, 0.15) is 11.8 Å². The van der Waals surface area contributed by atoms with Crippen molar-refractivity contribution < 1.29 is 19.2 Å². The Bertz CT molecular complexity index is 386. The van der Waals surface area contributed by atoms with E-state index in [9.17, 15) is 19.2 Å². The van der Waals surface area contributed by atoms with Crippen molar-refractivity contribution in [3.8, 4) is 0 Å². The summed E-state index contributed by atoms with van der Waals surface area (Å²) in [5, 5.41) is 4.27. The molecule has 1 aliphatic carbocycles. The maximum absolute atomic E-state index is 11.8. The zero-order chi connectivity index (χ0) is 12.2. The number of hydrogen-bond donors (Lipinski definition) is 2. The van der Waals surface area contributed by atoms with E-state index < -0.39 is 40.9 Å². The highest BCUT2D eigenvalue weighted by atomic mass is 16.2. The Balaban J connectivity index is 2.15. The van der Waals surface area contributed by atoms with Crippen molar-refractivity contribution in [1.82, 2.24) is 10.6 Å². The van der Waals surface area contributed by atoms with Crippen molar-refractivity contribution in [3.05, 3.63) is 0 Å². The smallest absolute Gasteiger partial charge is 0.239 e. The largest absolute Gasteiger partial charge is 0.295 e. The van der Waals surface area contributed by atoms with Crippen LogP contribution >= 0.6 is 0 Å². The van der Waals surface area contributed by atoms with E-state index in [-0.39, 0.29) is 0 Å². The zero-order valence-corrected chi connectivity index (χ0v) is 9.12. The SMILES string of the molecule is O=C1NC(=O)C2C(=O)NC(=O)C1C21CCCC1. The first-order chi connectivity index (χ1) is 8.06. The Labute approximate surface area is 97.1 Å². The molecule has 17 heavy (non-hydrogen) atoms. The third-order valence-electron chi connectivity index (χ3n) is 4.23. The molecular formula is C11H12N2O4. The third-order valence-corrected chi connectivity index (χ3v) is 4.23. The van der Waals surface area contributed by atoms with E-state index in [1.807, 2.05) is 0 Å². The summed E-state index contributed by atoms with van der Waals surface area (Å²) in [7, 11) is 0. The molecular weight excluding hydrogens is 224 g/mol. The molecule has 2 aliphatic heterocycles. The van der Waals surface area contributed by atoms with Crippen LogP contribution < -0.4 is 10.6 Å². The van der Waals surface area contributed by atoms with E-state index in [4.69, 9.17) is 0 Å². The fraction of sp³-hybridized carbons (Fsp3) is 0.636. The number of amides is 4. The lowest BCUT2D eigenvalue weighted by molar-refractivity contribution is -0.166. The number of carbonyl (C=O) groups is 4. The second-order valence-corrected chi connectivity index (χ2v) is 5.01. The van der Waals surface area contributed by atoms with Gasteiger partial charge in [-0.3, -0.25) is 29.8 Å². The van der Waals surface area contributed by atoms with Crippen molar-refractivity contribution in [1.29, 1.82) is 0 Å². The number of carbonyl (C=O) groups excluding carboxylic acids is 4. The molecule has 0 aromatic rings. The minimum Gasteiger partial charge on any atom is -0.295 e. The molecule has 0 radical (unpaired) electrons. The standard InChI is InChI=1S/C11H12N2O4/c14-7-5-8(15)13-10(17)6(9(16)12-7)11(5)3-1-2-4-11/h5-6H,1-4H2,(H,12,14,16)(H,13,15,17). The van der Waals surface area contributed by atoms with Crippen LogP contribution in [0.3, 0.4) is 0 Å². The summed E-state index contributed by atoms with van der Waals surface area (Å²) in [6.45, 7) is 0. The van der Waals surface area contributed by atoms with Crippen LogP contribution in [0.25, 0.3) is 0 Å². The van der Waals surface area contributed by atoms with Crippen molar-refractivity contribution >= 4 is 23.6 Å². The lowest BCUT2D eigenvalue weighted by Gasteiger charge is -2.46. The molecule has 6 nitrogen and oxygen atoms in total. The maximum Gasteiger partial charge on any atom is 0.239 e. The van der Waals surface area contributed by atoms with Crippen LogP contribution in [0.2, 0.25) is 0 Å². The van der Waals surface area contributed by atoms with Gasteiger partial charge in [-0.15, -0.1) is 0 Å². The highest BCUT2D eigenvalue weighted by Gasteiger charge is 2.64. The maximum atomic E-state index is 11.8. The van der Waals surface area contributed by atoms with Gasteiger partial charge < -0.3 is 0 Å². The fourth-order valence-electron chi connectivity index (χ4n) is 3.59. The minimum absolute atomic E-state index is 0.557. The Hall–Kier alpha value is -1.72. The summed E-state index contributed by atoms with van der Waals surface area (Å²) >= 11 is 0. The normalized spacial score (nSPS) is 34.8. The van der Waals surface area contributed by atoms with Crippen LogP contribution in [-0.2, 0) is 19.2 Å². The Morgan fingerprint density at radius 1 is 0.765 bits per heavy atom. The summed E-state index contributed by atoms with van der Waals surface area (Å²) in [6.07, 6.45) is 2.91. The van der Waals surface area contributed by atoms with Gasteiger partial charge >= 0.3 is 0 Å². The van der Waals surface area contributed by atoms with Crippen molar-refractivity contribution in [2.24, 2.45) is 17.3 Å². The second-order valence-electron chi connectivity index (χ2n) is 5.01. The third kappa shape index (κ3) is 1.15. The van der Waals surface area contributed by atoms with Gasteiger partial charge in [-0.05, 0) is 12.8 Å². The number of rotatable bonds is 0. The second kappa shape index (κ2) is 3.15.